The summed E-state index contributed by atoms with van der Waals surface area (Å²) < 4.78 is 1.04. The van der Waals surface area contributed by atoms with Crippen molar-refractivity contribution in [3.8, 4) is 6.07 Å². The molecule has 0 amide bonds. The summed E-state index contributed by atoms with van der Waals surface area (Å²) in [6, 6.07) is 6.22. The van der Waals surface area contributed by atoms with Crippen LogP contribution in [0.25, 0.3) is 0 Å². The highest BCUT2D eigenvalue weighted by Gasteiger charge is 2.84. The van der Waals surface area contributed by atoms with Crippen LogP contribution in [0, 0.1) is 22.2 Å². The van der Waals surface area contributed by atoms with Gasteiger partial charge in [-0.25, -0.2) is 4.98 Å². The van der Waals surface area contributed by atoms with E-state index >= 15 is 0 Å². The number of anilines is 1. The van der Waals surface area contributed by atoms with E-state index in [-0.39, 0.29) is 10.8 Å². The summed E-state index contributed by atoms with van der Waals surface area (Å²) in [5.74, 6) is 1.10. The molecule has 3 fully saturated rings. The smallest absolute Gasteiger partial charge is 0.128 e. The van der Waals surface area contributed by atoms with E-state index in [0.29, 0.717) is 0 Å². The Balaban J connectivity index is 0.000000195. The first-order valence-electron chi connectivity index (χ1n) is 7.97. The summed E-state index contributed by atoms with van der Waals surface area (Å²) in [6.07, 6.45) is 5.75. The lowest BCUT2D eigenvalue weighted by Crippen LogP contribution is -2.37. The third-order valence-corrected chi connectivity index (χ3v) is 4.74. The molecule has 0 radical (unpaired) electrons. The molecule has 0 bridgehead atoms. The topological polar surface area (TPSA) is 83.0 Å². The lowest BCUT2D eigenvalue weighted by atomic mass is 10.2. The highest BCUT2D eigenvalue weighted by atomic mass is 79.9. The maximum absolute atomic E-state index is 10.1. The molecule has 1 saturated heterocycles. The van der Waals surface area contributed by atoms with Crippen molar-refractivity contribution in [3.05, 3.63) is 22.8 Å². The lowest BCUT2D eigenvalue weighted by molar-refractivity contribution is -0.110. The van der Waals surface area contributed by atoms with Crippen molar-refractivity contribution in [2.75, 3.05) is 25.0 Å². The molecule has 3 aliphatic rings. The third-order valence-electron chi connectivity index (χ3n) is 4.27. The largest absolute Gasteiger partial charge is 0.356 e. The predicted octanol–water partition coefficient (Wildman–Crippen LogP) is 3.14. The summed E-state index contributed by atoms with van der Waals surface area (Å²) in [4.78, 5) is 16.7. The number of carbonyl (C=O) groups excluding carboxylic acids is 1. The zero-order valence-corrected chi connectivity index (χ0v) is 15.6. The van der Waals surface area contributed by atoms with Gasteiger partial charge in [-0.15, -0.1) is 0 Å². The molecule has 0 aromatic carbocycles. The van der Waals surface area contributed by atoms with Crippen LogP contribution >= 0.6 is 15.9 Å². The summed E-state index contributed by atoms with van der Waals surface area (Å²) >= 11 is 3.35. The summed E-state index contributed by atoms with van der Waals surface area (Å²) in [5, 5.41) is 8.39. The van der Waals surface area contributed by atoms with Crippen molar-refractivity contribution in [2.45, 2.75) is 33.1 Å². The van der Waals surface area contributed by atoms with Crippen molar-refractivity contribution in [3.63, 3.8) is 0 Å². The molecular weight excluding hydrogens is 356 g/mol. The molecule has 6 heteroatoms. The standard InChI is InChI=1S/C8H9BrN2.C6H5NO.C2H6.CH5N/c9-7-2-3-8(10-6-7)11-4-1-5-11;7-3-5-1-6(5,2-5)4-8;2*1-2/h2-3,6H,1,4-5H2;4H,1-2H2;1-2H3;2H2,1H3. The molecular formula is C17H25BrN4O. The number of nitrogens with two attached hydrogens (primary N) is 1. The maximum atomic E-state index is 10.1. The Morgan fingerprint density at radius 1 is 1.35 bits per heavy atom. The van der Waals surface area contributed by atoms with E-state index in [4.69, 9.17) is 5.26 Å². The number of hydrogen-bond acceptors (Lipinski definition) is 5. The number of hydrogen-bond donors (Lipinski definition) is 1. The minimum absolute atomic E-state index is 0.137. The average molecular weight is 381 g/mol. The van der Waals surface area contributed by atoms with E-state index in [9.17, 15) is 4.79 Å². The quantitative estimate of drug-likeness (QED) is 0.796. The molecule has 1 aliphatic heterocycles. The average Bonchev–Trinajstić information content (AvgIpc) is 3.39. The zero-order valence-electron chi connectivity index (χ0n) is 14.1. The van der Waals surface area contributed by atoms with Crippen LogP contribution in [0.3, 0.4) is 0 Å². The van der Waals surface area contributed by atoms with E-state index in [1.165, 1.54) is 13.5 Å². The van der Waals surface area contributed by atoms with Gasteiger partial charge < -0.3 is 15.4 Å². The highest BCUT2D eigenvalue weighted by molar-refractivity contribution is 9.10. The van der Waals surface area contributed by atoms with Crippen LogP contribution in [0.15, 0.2) is 22.8 Å². The van der Waals surface area contributed by atoms with E-state index < -0.39 is 0 Å². The minimum atomic E-state index is -0.158. The number of halogens is 1. The van der Waals surface area contributed by atoms with E-state index in [1.807, 2.05) is 32.2 Å². The van der Waals surface area contributed by atoms with Crippen molar-refractivity contribution in [1.29, 1.82) is 5.26 Å². The van der Waals surface area contributed by atoms with E-state index in [2.05, 4.69) is 37.6 Å². The second-order valence-corrected chi connectivity index (χ2v) is 6.41. The monoisotopic (exact) mass is 380 g/mol. The van der Waals surface area contributed by atoms with Gasteiger partial charge in [0.05, 0.1) is 11.5 Å². The van der Waals surface area contributed by atoms with Gasteiger partial charge in [0.15, 0.2) is 0 Å². The molecule has 0 unspecified atom stereocenters. The van der Waals surface area contributed by atoms with Crippen LogP contribution < -0.4 is 10.6 Å². The molecule has 2 saturated carbocycles. The lowest BCUT2D eigenvalue weighted by Gasteiger charge is -2.31. The molecule has 5 nitrogen and oxygen atoms in total. The van der Waals surface area contributed by atoms with Crippen LogP contribution in [-0.2, 0) is 4.79 Å². The Morgan fingerprint density at radius 3 is 2.22 bits per heavy atom. The SMILES string of the molecule is Brc1ccc(N2CCC2)nc1.CC.CN.N#CC12CC1(C=O)C2. The number of rotatable bonds is 2. The second kappa shape index (κ2) is 8.42. The van der Waals surface area contributed by atoms with Gasteiger partial charge in [-0.3, -0.25) is 0 Å². The van der Waals surface area contributed by atoms with Crippen LogP contribution in [0.4, 0.5) is 5.82 Å². The second-order valence-electron chi connectivity index (χ2n) is 5.50. The van der Waals surface area contributed by atoms with Crippen molar-refractivity contribution in [1.82, 2.24) is 4.98 Å². The summed E-state index contributed by atoms with van der Waals surface area (Å²) in [6.45, 7) is 6.32. The molecule has 126 valence electrons. The van der Waals surface area contributed by atoms with Gasteiger partial charge in [0, 0.05) is 29.2 Å². The first-order chi connectivity index (χ1) is 11.1. The van der Waals surface area contributed by atoms with Crippen LogP contribution in [0.5, 0.6) is 0 Å². The fourth-order valence-electron chi connectivity index (χ4n) is 2.42. The number of nitriles is 1. The van der Waals surface area contributed by atoms with Gasteiger partial charge in [0.25, 0.3) is 0 Å². The van der Waals surface area contributed by atoms with Crippen LogP contribution in [-0.4, -0.2) is 31.4 Å². The zero-order chi connectivity index (χ0) is 17.5. The molecule has 23 heavy (non-hydrogen) atoms. The number of aldehydes is 1. The summed E-state index contributed by atoms with van der Waals surface area (Å²) in [7, 11) is 1.50. The van der Waals surface area contributed by atoms with Gasteiger partial charge in [-0.2, -0.15) is 5.26 Å². The predicted molar refractivity (Wildman–Crippen MR) is 96.0 cm³/mol. The van der Waals surface area contributed by atoms with Crippen molar-refractivity contribution in [2.24, 2.45) is 16.6 Å². The van der Waals surface area contributed by atoms with Gasteiger partial charge in [-0.1, -0.05) is 13.8 Å². The first-order valence-corrected chi connectivity index (χ1v) is 8.76. The van der Waals surface area contributed by atoms with Crippen LogP contribution in [0.2, 0.25) is 0 Å². The molecule has 2 N–H and O–H groups in total. The van der Waals surface area contributed by atoms with Crippen molar-refractivity contribution >= 4 is 28.0 Å². The van der Waals surface area contributed by atoms with Gasteiger partial charge >= 0.3 is 0 Å². The third kappa shape index (κ3) is 4.10. The Kier molecular flexibility index (Phi) is 7.17. The molecule has 4 rings (SSSR count). The number of fused-ring (bicyclic) bond motifs is 1. The Bertz CT molecular complexity index is 543. The highest BCUT2D eigenvalue weighted by Crippen LogP contribution is 2.84. The van der Waals surface area contributed by atoms with E-state index in [1.54, 1.807) is 0 Å². The van der Waals surface area contributed by atoms with Gasteiger partial charge in [-0.05, 0) is 54.4 Å². The molecule has 0 atom stereocenters. The molecule has 1 aromatic heterocycles. The number of carbonyl (C=O) groups is 1. The fourth-order valence-corrected chi connectivity index (χ4v) is 2.66. The Hall–Kier alpha value is -1.45. The van der Waals surface area contributed by atoms with Crippen molar-refractivity contribution < 1.29 is 4.79 Å². The molecule has 2 heterocycles. The van der Waals surface area contributed by atoms with Gasteiger partial charge in [0.1, 0.15) is 12.1 Å². The molecule has 2 aliphatic carbocycles. The van der Waals surface area contributed by atoms with Crippen LogP contribution in [0.1, 0.15) is 33.1 Å². The Morgan fingerprint density at radius 2 is 1.96 bits per heavy atom. The number of aromatic nitrogens is 1. The first kappa shape index (κ1) is 19.6. The van der Waals surface area contributed by atoms with E-state index in [0.717, 1.165) is 42.5 Å². The normalized spacial score (nSPS) is 27.7. The minimum Gasteiger partial charge on any atom is -0.356 e. The fraction of sp³-hybridized carbons (Fsp3) is 0.588. The molecule has 1 aromatic rings. The van der Waals surface area contributed by atoms with Gasteiger partial charge in [0.2, 0.25) is 0 Å². The Labute approximate surface area is 147 Å². The molecule has 0 spiro atoms. The number of nitrogens with zero attached hydrogens (tertiary/aromatic N) is 3. The number of pyridine rings is 1. The summed E-state index contributed by atoms with van der Waals surface area (Å²) in [5.41, 5.74) is 4.20. The maximum Gasteiger partial charge on any atom is 0.128 e.